The van der Waals surface area contributed by atoms with Crippen molar-refractivity contribution in [2.45, 2.75) is 32.7 Å². The molecule has 0 spiro atoms. The first kappa shape index (κ1) is 18.2. The second kappa shape index (κ2) is 7.43. The number of aromatic nitrogens is 1. The lowest BCUT2D eigenvalue weighted by Gasteiger charge is -2.22. The lowest BCUT2D eigenvalue weighted by molar-refractivity contribution is -0.124. The Kier molecular flexibility index (Phi) is 4.82. The van der Waals surface area contributed by atoms with E-state index >= 15 is 0 Å². The molecule has 28 heavy (non-hydrogen) atoms. The minimum atomic E-state index is -0.461. The van der Waals surface area contributed by atoms with E-state index in [9.17, 15) is 9.59 Å². The highest BCUT2D eigenvalue weighted by Gasteiger charge is 2.24. The van der Waals surface area contributed by atoms with Crippen molar-refractivity contribution in [3.63, 3.8) is 0 Å². The Morgan fingerprint density at radius 2 is 2.04 bits per heavy atom. The number of amides is 2. The molecule has 2 amide bonds. The number of fused-ring (bicyclic) bond motifs is 1. The van der Waals surface area contributed by atoms with Gasteiger partial charge in [-0.2, -0.15) is 0 Å². The van der Waals surface area contributed by atoms with Gasteiger partial charge in [0.25, 0.3) is 5.91 Å². The number of piperidine rings is 1. The normalized spacial score (nSPS) is 16.6. The molecule has 0 unspecified atom stereocenters. The van der Waals surface area contributed by atoms with E-state index in [0.717, 1.165) is 34.0 Å². The molecule has 0 radical (unpaired) electrons. The lowest BCUT2D eigenvalue weighted by atomic mass is 9.96. The first-order valence-corrected chi connectivity index (χ1v) is 9.58. The van der Waals surface area contributed by atoms with Crippen LogP contribution in [0.5, 0.6) is 0 Å². The highest BCUT2D eigenvalue weighted by molar-refractivity contribution is 6.01. The molecule has 1 aliphatic rings. The van der Waals surface area contributed by atoms with Gasteiger partial charge in [-0.25, -0.2) is 0 Å². The van der Waals surface area contributed by atoms with Crippen molar-refractivity contribution in [2.24, 2.45) is 0 Å². The second-order valence-electron chi connectivity index (χ2n) is 7.38. The van der Waals surface area contributed by atoms with E-state index < -0.39 is 6.04 Å². The smallest absolute Gasteiger partial charge is 0.251 e. The zero-order valence-corrected chi connectivity index (χ0v) is 16.1. The first-order chi connectivity index (χ1) is 13.5. The molecule has 2 aromatic carbocycles. The Morgan fingerprint density at radius 1 is 1.18 bits per heavy atom. The van der Waals surface area contributed by atoms with Gasteiger partial charge in [-0.05, 0) is 67.6 Å². The van der Waals surface area contributed by atoms with Gasteiger partial charge in [0, 0.05) is 23.7 Å². The number of carbonyl (C=O) groups is 2. The Hall–Kier alpha value is -3.21. The van der Waals surface area contributed by atoms with Crippen molar-refractivity contribution >= 4 is 22.7 Å². The van der Waals surface area contributed by atoms with Crippen LogP contribution in [0.25, 0.3) is 22.0 Å². The average Bonchev–Trinajstić information content (AvgIpc) is 2.69. The van der Waals surface area contributed by atoms with Gasteiger partial charge in [0.1, 0.15) is 6.04 Å². The Morgan fingerprint density at radius 3 is 2.86 bits per heavy atom. The number of pyridine rings is 1. The molecule has 0 saturated carbocycles. The summed E-state index contributed by atoms with van der Waals surface area (Å²) in [6, 6.07) is 13.3. The standard InChI is InChI=1S/C23H23N3O2/c1-14-11-15(2)21-19(12-14)18(8-10-24-21)16-5-3-6-17(13-16)22(27)26-20-7-4-9-25-23(20)28/h3,5-6,8,10-13,20H,4,7,9H2,1-2H3,(H,25,28)(H,26,27)/t20-/m0/s1. The maximum Gasteiger partial charge on any atom is 0.251 e. The van der Waals surface area contributed by atoms with E-state index in [2.05, 4.69) is 41.6 Å². The fourth-order valence-corrected chi connectivity index (χ4v) is 3.84. The van der Waals surface area contributed by atoms with Crippen LogP contribution < -0.4 is 10.6 Å². The molecule has 5 heteroatoms. The van der Waals surface area contributed by atoms with Crippen LogP contribution >= 0.6 is 0 Å². The fourth-order valence-electron chi connectivity index (χ4n) is 3.84. The Bertz CT molecular complexity index is 1070. The summed E-state index contributed by atoms with van der Waals surface area (Å²) in [7, 11) is 0. The summed E-state index contributed by atoms with van der Waals surface area (Å²) >= 11 is 0. The van der Waals surface area contributed by atoms with Gasteiger partial charge in [-0.15, -0.1) is 0 Å². The third-order valence-electron chi connectivity index (χ3n) is 5.21. The molecule has 1 aromatic heterocycles. The molecule has 1 fully saturated rings. The number of rotatable bonds is 3. The molecule has 2 N–H and O–H groups in total. The minimum Gasteiger partial charge on any atom is -0.354 e. The lowest BCUT2D eigenvalue weighted by Crippen LogP contribution is -2.50. The summed E-state index contributed by atoms with van der Waals surface area (Å²) in [6.45, 7) is 4.81. The summed E-state index contributed by atoms with van der Waals surface area (Å²) in [5.74, 6) is -0.337. The molecule has 1 saturated heterocycles. The van der Waals surface area contributed by atoms with Crippen LogP contribution in [-0.4, -0.2) is 29.4 Å². The van der Waals surface area contributed by atoms with Crippen molar-refractivity contribution in [3.05, 3.63) is 65.4 Å². The molecule has 3 aromatic rings. The van der Waals surface area contributed by atoms with Crippen molar-refractivity contribution in [3.8, 4) is 11.1 Å². The van der Waals surface area contributed by atoms with Crippen molar-refractivity contribution in [2.75, 3.05) is 6.54 Å². The summed E-state index contributed by atoms with van der Waals surface area (Å²) in [4.78, 5) is 29.2. The van der Waals surface area contributed by atoms with Gasteiger partial charge in [0.15, 0.2) is 0 Å². The highest BCUT2D eigenvalue weighted by atomic mass is 16.2. The van der Waals surface area contributed by atoms with Gasteiger partial charge < -0.3 is 10.6 Å². The third kappa shape index (κ3) is 3.48. The van der Waals surface area contributed by atoms with Crippen LogP contribution in [0.4, 0.5) is 0 Å². The van der Waals surface area contributed by atoms with Gasteiger partial charge in [-0.3, -0.25) is 14.6 Å². The molecular formula is C23H23N3O2. The molecule has 1 aliphatic heterocycles. The number of hydrogen-bond acceptors (Lipinski definition) is 3. The molecule has 2 heterocycles. The van der Waals surface area contributed by atoms with Crippen molar-refractivity contribution in [1.82, 2.24) is 15.6 Å². The van der Waals surface area contributed by atoms with E-state index in [1.807, 2.05) is 24.3 Å². The molecule has 4 rings (SSSR count). The van der Waals surface area contributed by atoms with Crippen molar-refractivity contribution in [1.29, 1.82) is 0 Å². The quantitative estimate of drug-likeness (QED) is 0.738. The topological polar surface area (TPSA) is 71.1 Å². The number of nitrogens with zero attached hydrogens (tertiary/aromatic N) is 1. The maximum atomic E-state index is 12.7. The zero-order valence-electron chi connectivity index (χ0n) is 16.1. The van der Waals surface area contributed by atoms with Gasteiger partial charge in [0.05, 0.1) is 5.52 Å². The second-order valence-corrected chi connectivity index (χ2v) is 7.38. The maximum absolute atomic E-state index is 12.7. The number of hydrogen-bond donors (Lipinski definition) is 2. The van der Waals surface area contributed by atoms with E-state index in [4.69, 9.17) is 0 Å². The minimum absolute atomic E-state index is 0.109. The molecule has 0 bridgehead atoms. The van der Waals surface area contributed by atoms with E-state index in [1.165, 1.54) is 5.56 Å². The van der Waals surface area contributed by atoms with E-state index in [-0.39, 0.29) is 11.8 Å². The van der Waals surface area contributed by atoms with Gasteiger partial charge in [0.2, 0.25) is 5.91 Å². The average molecular weight is 373 g/mol. The van der Waals surface area contributed by atoms with Crippen LogP contribution in [0, 0.1) is 13.8 Å². The third-order valence-corrected chi connectivity index (χ3v) is 5.21. The summed E-state index contributed by atoms with van der Waals surface area (Å²) in [5.41, 5.74) is 5.83. The van der Waals surface area contributed by atoms with Crippen LogP contribution in [0.2, 0.25) is 0 Å². The summed E-state index contributed by atoms with van der Waals surface area (Å²) in [5, 5.41) is 6.73. The van der Waals surface area contributed by atoms with Gasteiger partial charge >= 0.3 is 0 Å². The molecule has 142 valence electrons. The molecular weight excluding hydrogens is 350 g/mol. The summed E-state index contributed by atoms with van der Waals surface area (Å²) in [6.07, 6.45) is 3.35. The largest absolute Gasteiger partial charge is 0.354 e. The first-order valence-electron chi connectivity index (χ1n) is 9.58. The van der Waals surface area contributed by atoms with Crippen LogP contribution in [-0.2, 0) is 4.79 Å². The highest BCUT2D eigenvalue weighted by Crippen LogP contribution is 2.30. The van der Waals surface area contributed by atoms with Crippen LogP contribution in [0.1, 0.15) is 34.3 Å². The molecule has 5 nitrogen and oxygen atoms in total. The van der Waals surface area contributed by atoms with E-state index in [1.54, 1.807) is 12.3 Å². The number of carbonyl (C=O) groups excluding carboxylic acids is 2. The van der Waals surface area contributed by atoms with Gasteiger partial charge in [-0.1, -0.05) is 23.8 Å². The monoisotopic (exact) mass is 373 g/mol. The predicted octanol–water partition coefficient (Wildman–Crippen LogP) is 3.53. The SMILES string of the molecule is Cc1cc(C)c2nccc(-c3cccc(C(=O)N[C@H]4CCCNC4=O)c3)c2c1. The van der Waals surface area contributed by atoms with E-state index in [0.29, 0.717) is 18.5 Å². The number of aryl methyl sites for hydroxylation is 2. The fraction of sp³-hybridized carbons (Fsp3) is 0.261. The van der Waals surface area contributed by atoms with Crippen LogP contribution in [0.3, 0.4) is 0 Å². The number of nitrogens with one attached hydrogen (secondary N) is 2. The summed E-state index contributed by atoms with van der Waals surface area (Å²) < 4.78 is 0. The Balaban J connectivity index is 1.69. The Labute approximate surface area is 164 Å². The van der Waals surface area contributed by atoms with Crippen molar-refractivity contribution < 1.29 is 9.59 Å². The predicted molar refractivity (Wildman–Crippen MR) is 110 cm³/mol. The van der Waals surface area contributed by atoms with Crippen LogP contribution in [0.15, 0.2) is 48.7 Å². The molecule has 0 aliphatic carbocycles. The number of benzene rings is 2. The molecule has 1 atom stereocenters. The zero-order chi connectivity index (χ0) is 19.7.